The monoisotopic (exact) mass is 319 g/mol. The van der Waals surface area contributed by atoms with Crippen LogP contribution in [0.25, 0.3) is 0 Å². The fourth-order valence-electron chi connectivity index (χ4n) is 5.14. The number of aliphatic hydroxyl groups excluding tert-OH is 1. The average Bonchev–Trinajstić information content (AvgIpc) is 3.45. The summed E-state index contributed by atoms with van der Waals surface area (Å²) in [5.41, 5.74) is 5.90. The molecule has 0 saturated heterocycles. The van der Waals surface area contributed by atoms with E-state index in [4.69, 9.17) is 0 Å². The number of benzene rings is 2. The molecular formula is C22H25NO. The van der Waals surface area contributed by atoms with Crippen LogP contribution in [0.4, 0.5) is 0 Å². The minimum atomic E-state index is -0.290. The lowest BCUT2D eigenvalue weighted by Gasteiger charge is -2.50. The Morgan fingerprint density at radius 3 is 2.21 bits per heavy atom. The Morgan fingerprint density at radius 2 is 1.58 bits per heavy atom. The van der Waals surface area contributed by atoms with Crippen molar-refractivity contribution in [3.05, 3.63) is 70.8 Å². The van der Waals surface area contributed by atoms with E-state index in [0.29, 0.717) is 12.0 Å². The summed E-state index contributed by atoms with van der Waals surface area (Å²) in [7, 11) is 0. The Balaban J connectivity index is 1.56. The van der Waals surface area contributed by atoms with Crippen molar-refractivity contribution in [1.82, 2.24) is 5.32 Å². The van der Waals surface area contributed by atoms with Gasteiger partial charge in [-0.3, -0.25) is 0 Å². The standard InChI is InChI=1S/C22H25NO/c24-16(14-23-15-9-10-15)13-22-12-11-17(18-5-1-3-7-20(18)22)19-6-2-4-8-21(19)22/h1-8,15-17,23-24H,9-14H2. The van der Waals surface area contributed by atoms with Gasteiger partial charge in [-0.25, -0.2) is 0 Å². The molecular weight excluding hydrogens is 294 g/mol. The zero-order valence-corrected chi connectivity index (χ0v) is 14.0. The fraction of sp³-hybridized carbons (Fsp3) is 0.455. The highest BCUT2D eigenvalue weighted by Crippen LogP contribution is 2.57. The lowest BCUT2D eigenvalue weighted by atomic mass is 9.53. The third-order valence-corrected chi connectivity index (χ3v) is 6.37. The number of rotatable bonds is 5. The van der Waals surface area contributed by atoms with Crippen LogP contribution in [0, 0.1) is 0 Å². The van der Waals surface area contributed by atoms with Crippen LogP contribution in [0.5, 0.6) is 0 Å². The molecule has 2 N–H and O–H groups in total. The lowest BCUT2D eigenvalue weighted by molar-refractivity contribution is 0.127. The van der Waals surface area contributed by atoms with E-state index in [0.717, 1.165) is 19.4 Å². The van der Waals surface area contributed by atoms with E-state index in [9.17, 15) is 5.11 Å². The summed E-state index contributed by atoms with van der Waals surface area (Å²) in [6.07, 6.45) is 5.44. The molecule has 2 bridgehead atoms. The smallest absolute Gasteiger partial charge is 0.0676 e. The lowest BCUT2D eigenvalue weighted by Crippen LogP contribution is -2.44. The van der Waals surface area contributed by atoms with Crippen LogP contribution in [-0.4, -0.2) is 23.8 Å². The van der Waals surface area contributed by atoms with Crippen LogP contribution >= 0.6 is 0 Å². The molecule has 4 aliphatic carbocycles. The van der Waals surface area contributed by atoms with Crippen molar-refractivity contribution in [2.75, 3.05) is 6.54 Å². The van der Waals surface area contributed by atoms with Crippen molar-refractivity contribution in [3.63, 3.8) is 0 Å². The molecule has 6 rings (SSSR count). The van der Waals surface area contributed by atoms with Crippen LogP contribution in [0.3, 0.4) is 0 Å². The molecule has 4 aliphatic rings. The van der Waals surface area contributed by atoms with Crippen molar-refractivity contribution < 1.29 is 5.11 Å². The van der Waals surface area contributed by atoms with Gasteiger partial charge in [0, 0.05) is 23.9 Å². The molecule has 0 aromatic heterocycles. The summed E-state index contributed by atoms with van der Waals surface area (Å²) in [6, 6.07) is 18.5. The van der Waals surface area contributed by atoms with Gasteiger partial charge in [-0.1, -0.05) is 48.5 Å². The summed E-state index contributed by atoms with van der Waals surface area (Å²) < 4.78 is 0. The fourth-order valence-corrected chi connectivity index (χ4v) is 5.14. The Bertz CT molecular complexity index is 717. The Labute approximate surface area is 143 Å². The summed E-state index contributed by atoms with van der Waals surface area (Å²) in [6.45, 7) is 0.722. The first-order valence-electron chi connectivity index (χ1n) is 9.38. The number of nitrogens with one attached hydrogen (secondary N) is 1. The van der Waals surface area contributed by atoms with Crippen LogP contribution in [0.1, 0.15) is 60.3 Å². The van der Waals surface area contributed by atoms with Crippen LogP contribution in [-0.2, 0) is 5.41 Å². The molecule has 0 spiro atoms. The van der Waals surface area contributed by atoms with E-state index in [2.05, 4.69) is 53.8 Å². The van der Waals surface area contributed by atoms with Gasteiger partial charge in [0.2, 0.25) is 0 Å². The molecule has 0 amide bonds. The second-order valence-electron chi connectivity index (χ2n) is 7.89. The first-order chi connectivity index (χ1) is 11.8. The SMILES string of the molecule is OC(CNC1CC1)CC12CCC(c3ccccc31)c1ccccc12. The van der Waals surface area contributed by atoms with Gasteiger partial charge in [0.1, 0.15) is 0 Å². The Morgan fingerprint density at radius 1 is 0.958 bits per heavy atom. The Kier molecular flexibility index (Phi) is 3.33. The highest BCUT2D eigenvalue weighted by atomic mass is 16.3. The maximum Gasteiger partial charge on any atom is 0.0676 e. The van der Waals surface area contributed by atoms with Crippen LogP contribution < -0.4 is 5.32 Å². The number of hydrogen-bond acceptors (Lipinski definition) is 2. The molecule has 2 heteroatoms. The third-order valence-electron chi connectivity index (χ3n) is 6.37. The van der Waals surface area contributed by atoms with Gasteiger partial charge in [0.15, 0.2) is 0 Å². The van der Waals surface area contributed by atoms with Gasteiger partial charge in [0.25, 0.3) is 0 Å². The normalized spacial score (nSPS) is 28.3. The first-order valence-corrected chi connectivity index (χ1v) is 9.38. The van der Waals surface area contributed by atoms with E-state index < -0.39 is 0 Å². The van der Waals surface area contributed by atoms with E-state index in [1.54, 1.807) is 0 Å². The molecule has 0 radical (unpaired) electrons. The van der Waals surface area contributed by atoms with Crippen molar-refractivity contribution in [1.29, 1.82) is 0 Å². The van der Waals surface area contributed by atoms with Gasteiger partial charge in [0.05, 0.1) is 6.10 Å². The highest BCUT2D eigenvalue weighted by molar-refractivity contribution is 5.59. The van der Waals surface area contributed by atoms with Crippen molar-refractivity contribution in [3.8, 4) is 0 Å². The quantitative estimate of drug-likeness (QED) is 0.880. The highest BCUT2D eigenvalue weighted by Gasteiger charge is 2.48. The minimum absolute atomic E-state index is 0.00736. The summed E-state index contributed by atoms with van der Waals surface area (Å²) >= 11 is 0. The molecule has 1 fully saturated rings. The second-order valence-corrected chi connectivity index (χ2v) is 7.89. The van der Waals surface area contributed by atoms with Crippen LogP contribution in [0.2, 0.25) is 0 Å². The van der Waals surface area contributed by atoms with Gasteiger partial charge in [-0.2, -0.15) is 0 Å². The Hall–Kier alpha value is -1.64. The summed E-state index contributed by atoms with van der Waals surface area (Å²) in [5, 5.41) is 14.3. The second kappa shape index (κ2) is 5.44. The van der Waals surface area contributed by atoms with Crippen molar-refractivity contribution in [2.24, 2.45) is 0 Å². The molecule has 1 saturated carbocycles. The maximum absolute atomic E-state index is 10.8. The van der Waals surface area contributed by atoms with Gasteiger partial charge < -0.3 is 10.4 Å². The van der Waals surface area contributed by atoms with Gasteiger partial charge in [-0.15, -0.1) is 0 Å². The maximum atomic E-state index is 10.8. The minimum Gasteiger partial charge on any atom is -0.392 e. The molecule has 1 unspecified atom stereocenters. The molecule has 2 aromatic carbocycles. The molecule has 0 heterocycles. The summed E-state index contributed by atoms with van der Waals surface area (Å²) in [5.74, 6) is 0.543. The first kappa shape index (κ1) is 14.7. The van der Waals surface area contributed by atoms with Crippen molar-refractivity contribution >= 4 is 0 Å². The molecule has 1 atom stereocenters. The van der Waals surface area contributed by atoms with E-state index in [-0.39, 0.29) is 11.5 Å². The molecule has 124 valence electrons. The van der Waals surface area contributed by atoms with Crippen LogP contribution in [0.15, 0.2) is 48.5 Å². The average molecular weight is 319 g/mol. The molecule has 24 heavy (non-hydrogen) atoms. The van der Waals surface area contributed by atoms with Crippen molar-refractivity contribution in [2.45, 2.75) is 55.6 Å². The number of hydrogen-bond donors (Lipinski definition) is 2. The zero-order valence-electron chi connectivity index (χ0n) is 14.0. The predicted octanol–water partition coefficient (Wildman–Crippen LogP) is 3.71. The van der Waals surface area contributed by atoms with Gasteiger partial charge in [-0.05, 0) is 54.4 Å². The number of aliphatic hydroxyl groups is 1. The molecule has 0 aliphatic heterocycles. The predicted molar refractivity (Wildman–Crippen MR) is 96.4 cm³/mol. The largest absolute Gasteiger partial charge is 0.392 e. The topological polar surface area (TPSA) is 32.3 Å². The number of fused-ring (bicyclic) bond motifs is 1. The van der Waals surface area contributed by atoms with E-state index in [1.807, 2.05) is 0 Å². The zero-order chi connectivity index (χ0) is 16.1. The molecule has 2 nitrogen and oxygen atoms in total. The van der Waals surface area contributed by atoms with E-state index in [1.165, 1.54) is 41.5 Å². The third kappa shape index (κ3) is 2.17. The van der Waals surface area contributed by atoms with Gasteiger partial charge >= 0.3 is 0 Å². The summed E-state index contributed by atoms with van der Waals surface area (Å²) in [4.78, 5) is 0. The van der Waals surface area contributed by atoms with E-state index >= 15 is 0 Å². The molecule has 2 aromatic rings.